The number of carbonyl (C=O) groups is 2. The van der Waals surface area contributed by atoms with E-state index in [1.807, 2.05) is 42.5 Å². The van der Waals surface area contributed by atoms with E-state index >= 15 is 0 Å². The number of nitrogens with one attached hydrogen (secondary N) is 3. The smallest absolute Gasteiger partial charge is 0.253 e. The molecule has 2 aromatic carbocycles. The zero-order chi connectivity index (χ0) is 18.2. The van der Waals surface area contributed by atoms with Crippen LogP contribution in [0.3, 0.4) is 0 Å². The Bertz CT molecular complexity index is 861. The Hall–Kier alpha value is -3.54. The molecule has 0 atom stereocenters. The van der Waals surface area contributed by atoms with Gasteiger partial charge in [0.25, 0.3) is 5.91 Å². The molecule has 1 aromatic heterocycles. The highest BCUT2D eigenvalue weighted by Crippen LogP contribution is 2.20. The molecular formula is C20H19N3O3. The van der Waals surface area contributed by atoms with Gasteiger partial charge in [-0.2, -0.15) is 0 Å². The van der Waals surface area contributed by atoms with Gasteiger partial charge in [0.2, 0.25) is 5.91 Å². The summed E-state index contributed by atoms with van der Waals surface area (Å²) in [5.74, 6) is 0.0440. The molecule has 6 nitrogen and oxygen atoms in total. The van der Waals surface area contributed by atoms with Crippen LogP contribution in [0.5, 0.6) is 0 Å². The van der Waals surface area contributed by atoms with E-state index < -0.39 is 0 Å². The normalized spacial score (nSPS) is 10.2. The third-order valence-electron chi connectivity index (χ3n) is 3.67. The van der Waals surface area contributed by atoms with Gasteiger partial charge in [-0.15, -0.1) is 0 Å². The van der Waals surface area contributed by atoms with Crippen LogP contribution in [0.15, 0.2) is 77.4 Å². The van der Waals surface area contributed by atoms with Crippen molar-refractivity contribution in [3.05, 3.63) is 84.3 Å². The first kappa shape index (κ1) is 17.3. The molecule has 0 fully saturated rings. The van der Waals surface area contributed by atoms with Crippen LogP contribution in [-0.2, 0) is 11.3 Å². The van der Waals surface area contributed by atoms with Crippen molar-refractivity contribution in [2.24, 2.45) is 0 Å². The fourth-order valence-corrected chi connectivity index (χ4v) is 2.38. The molecule has 0 unspecified atom stereocenters. The molecule has 6 heteroatoms. The zero-order valence-corrected chi connectivity index (χ0v) is 14.1. The number of rotatable bonds is 7. The van der Waals surface area contributed by atoms with Gasteiger partial charge in [-0.05, 0) is 36.4 Å². The number of furan rings is 1. The highest BCUT2D eigenvalue weighted by molar-refractivity contribution is 6.01. The molecule has 3 rings (SSSR count). The van der Waals surface area contributed by atoms with Crippen LogP contribution >= 0.6 is 0 Å². The van der Waals surface area contributed by atoms with Gasteiger partial charge in [-0.25, -0.2) is 0 Å². The summed E-state index contributed by atoms with van der Waals surface area (Å²) in [6.45, 7) is 0.174. The molecular weight excluding hydrogens is 330 g/mol. The van der Waals surface area contributed by atoms with Crippen LogP contribution in [0.4, 0.5) is 11.4 Å². The molecule has 2 amide bonds. The summed E-state index contributed by atoms with van der Waals surface area (Å²) in [4.78, 5) is 24.3. The fourth-order valence-electron chi connectivity index (χ4n) is 2.38. The molecule has 0 radical (unpaired) electrons. The van der Waals surface area contributed by atoms with Gasteiger partial charge < -0.3 is 20.4 Å². The number of hydrogen-bond donors (Lipinski definition) is 3. The lowest BCUT2D eigenvalue weighted by atomic mass is 10.1. The molecule has 0 spiro atoms. The highest BCUT2D eigenvalue weighted by atomic mass is 16.3. The van der Waals surface area contributed by atoms with E-state index in [1.165, 1.54) is 0 Å². The van der Waals surface area contributed by atoms with E-state index in [-0.39, 0.29) is 24.9 Å². The first-order valence-electron chi connectivity index (χ1n) is 8.21. The summed E-state index contributed by atoms with van der Waals surface area (Å²) in [5.41, 5.74) is 2.02. The van der Waals surface area contributed by atoms with Crippen molar-refractivity contribution in [3.8, 4) is 0 Å². The first-order chi connectivity index (χ1) is 12.7. The third kappa shape index (κ3) is 4.73. The fraction of sp³-hybridized carbons (Fsp3) is 0.100. The van der Waals surface area contributed by atoms with Gasteiger partial charge in [0, 0.05) is 5.69 Å². The maximum Gasteiger partial charge on any atom is 0.253 e. The van der Waals surface area contributed by atoms with Crippen LogP contribution < -0.4 is 16.0 Å². The largest absolute Gasteiger partial charge is 0.467 e. The predicted octanol–water partition coefficient (Wildman–Crippen LogP) is 3.07. The summed E-state index contributed by atoms with van der Waals surface area (Å²) in [6, 6.07) is 20.2. The average molecular weight is 349 g/mol. The Labute approximate surface area is 151 Å². The Kier molecular flexibility index (Phi) is 5.67. The molecule has 3 aromatic rings. The summed E-state index contributed by atoms with van der Waals surface area (Å²) in [7, 11) is 0. The third-order valence-corrected chi connectivity index (χ3v) is 3.67. The molecule has 0 aliphatic rings. The van der Waals surface area contributed by atoms with Crippen LogP contribution in [-0.4, -0.2) is 18.4 Å². The monoisotopic (exact) mass is 349 g/mol. The van der Waals surface area contributed by atoms with Crippen molar-refractivity contribution < 1.29 is 14.0 Å². The second-order valence-corrected chi connectivity index (χ2v) is 5.58. The quantitative estimate of drug-likeness (QED) is 0.612. The summed E-state index contributed by atoms with van der Waals surface area (Å²) in [5, 5.41) is 8.53. The van der Waals surface area contributed by atoms with E-state index in [0.717, 1.165) is 5.69 Å². The van der Waals surface area contributed by atoms with Gasteiger partial charge in [0.15, 0.2) is 0 Å². The number of carbonyl (C=O) groups excluding carboxylic acids is 2. The van der Waals surface area contributed by atoms with E-state index in [1.54, 1.807) is 30.5 Å². The second-order valence-electron chi connectivity index (χ2n) is 5.58. The summed E-state index contributed by atoms with van der Waals surface area (Å²) in [6.07, 6.45) is 1.54. The molecule has 132 valence electrons. The molecule has 0 saturated heterocycles. The number of hydrogen-bond acceptors (Lipinski definition) is 4. The maximum atomic E-state index is 12.4. The van der Waals surface area contributed by atoms with Crippen molar-refractivity contribution in [1.29, 1.82) is 0 Å². The van der Waals surface area contributed by atoms with E-state index in [0.29, 0.717) is 17.0 Å². The standard InChI is InChI=1S/C20H19N3O3/c24-19(21-13-16-9-6-12-26-16)14-22-20(25)17-10-4-5-11-18(17)23-15-7-2-1-3-8-15/h1-12,23H,13-14H2,(H,21,24)(H,22,25). The lowest BCUT2D eigenvalue weighted by molar-refractivity contribution is -0.120. The molecule has 26 heavy (non-hydrogen) atoms. The Morgan fingerprint density at radius 1 is 0.846 bits per heavy atom. The average Bonchev–Trinajstić information content (AvgIpc) is 3.19. The summed E-state index contributed by atoms with van der Waals surface area (Å²) >= 11 is 0. The van der Waals surface area contributed by atoms with Gasteiger partial charge in [0.1, 0.15) is 5.76 Å². The van der Waals surface area contributed by atoms with Crippen molar-refractivity contribution in [1.82, 2.24) is 10.6 Å². The molecule has 0 bridgehead atoms. The van der Waals surface area contributed by atoms with E-state index in [2.05, 4.69) is 16.0 Å². The summed E-state index contributed by atoms with van der Waals surface area (Å²) < 4.78 is 5.14. The van der Waals surface area contributed by atoms with E-state index in [4.69, 9.17) is 4.42 Å². The highest BCUT2D eigenvalue weighted by Gasteiger charge is 2.12. The van der Waals surface area contributed by atoms with Gasteiger partial charge >= 0.3 is 0 Å². The number of para-hydroxylation sites is 2. The van der Waals surface area contributed by atoms with Crippen molar-refractivity contribution in [3.63, 3.8) is 0 Å². The van der Waals surface area contributed by atoms with Gasteiger partial charge in [0.05, 0.1) is 30.6 Å². The number of anilines is 2. The lowest BCUT2D eigenvalue weighted by Gasteiger charge is -2.12. The predicted molar refractivity (Wildman–Crippen MR) is 99.1 cm³/mol. The van der Waals surface area contributed by atoms with Crippen molar-refractivity contribution >= 4 is 23.2 Å². The number of amides is 2. The zero-order valence-electron chi connectivity index (χ0n) is 14.1. The first-order valence-corrected chi connectivity index (χ1v) is 8.21. The van der Waals surface area contributed by atoms with Crippen LogP contribution in [0.2, 0.25) is 0 Å². The second kappa shape index (κ2) is 8.53. The van der Waals surface area contributed by atoms with Crippen molar-refractivity contribution in [2.75, 3.05) is 11.9 Å². The molecule has 0 aliphatic carbocycles. The Morgan fingerprint density at radius 3 is 2.38 bits per heavy atom. The van der Waals surface area contributed by atoms with Crippen LogP contribution in [0, 0.1) is 0 Å². The van der Waals surface area contributed by atoms with Crippen molar-refractivity contribution in [2.45, 2.75) is 6.54 Å². The number of benzene rings is 2. The SMILES string of the molecule is O=C(CNC(=O)c1ccccc1Nc1ccccc1)NCc1ccco1. The molecule has 3 N–H and O–H groups in total. The van der Waals surface area contributed by atoms with Crippen LogP contribution in [0.25, 0.3) is 0 Å². The molecule has 0 saturated carbocycles. The van der Waals surface area contributed by atoms with E-state index in [9.17, 15) is 9.59 Å². The minimum atomic E-state index is -0.322. The van der Waals surface area contributed by atoms with Gasteiger partial charge in [-0.1, -0.05) is 30.3 Å². The maximum absolute atomic E-state index is 12.4. The van der Waals surface area contributed by atoms with Crippen LogP contribution in [0.1, 0.15) is 16.1 Å². The minimum absolute atomic E-state index is 0.112. The molecule has 0 aliphatic heterocycles. The lowest BCUT2D eigenvalue weighted by Crippen LogP contribution is -2.36. The Balaban J connectivity index is 1.56. The minimum Gasteiger partial charge on any atom is -0.467 e. The molecule has 1 heterocycles. The Morgan fingerprint density at radius 2 is 1.62 bits per heavy atom. The van der Waals surface area contributed by atoms with Gasteiger partial charge in [-0.3, -0.25) is 9.59 Å². The topological polar surface area (TPSA) is 83.4 Å².